The second-order valence-corrected chi connectivity index (χ2v) is 8.93. The fraction of sp³-hybridized carbons (Fsp3) is 0.320. The normalized spacial score (nSPS) is 20.3. The molecule has 1 heterocycles. The van der Waals surface area contributed by atoms with Crippen LogP contribution in [0.5, 0.6) is 0 Å². The first-order valence-corrected chi connectivity index (χ1v) is 10.8. The predicted octanol–water partition coefficient (Wildman–Crippen LogP) is 5.96. The average molecular weight is 404 g/mol. The molecule has 3 aromatic rings. The van der Waals surface area contributed by atoms with Crippen molar-refractivity contribution >= 4 is 28.2 Å². The van der Waals surface area contributed by atoms with Crippen molar-refractivity contribution in [2.24, 2.45) is 11.7 Å². The fourth-order valence-electron chi connectivity index (χ4n) is 5.06. The number of aromatic nitrogens is 1. The Labute approximate surface area is 177 Å². The molecule has 0 fully saturated rings. The van der Waals surface area contributed by atoms with Crippen molar-refractivity contribution < 1.29 is 0 Å². The third-order valence-corrected chi connectivity index (χ3v) is 6.57. The molecule has 0 spiro atoms. The van der Waals surface area contributed by atoms with Crippen LogP contribution in [0.2, 0.25) is 5.02 Å². The highest BCUT2D eigenvalue weighted by Gasteiger charge is 2.33. The number of hydrogen-bond acceptors (Lipinski definition) is 3. The van der Waals surface area contributed by atoms with Crippen LogP contribution >= 0.6 is 11.6 Å². The number of benzene rings is 2. The zero-order valence-electron chi connectivity index (χ0n) is 16.7. The second kappa shape index (κ2) is 7.47. The third-order valence-electron chi connectivity index (χ3n) is 6.33. The Kier molecular flexibility index (Phi) is 4.81. The number of nitrogens with zero attached hydrogens (tertiary/aromatic N) is 1. The Bertz CT molecular complexity index is 1100. The van der Waals surface area contributed by atoms with Crippen molar-refractivity contribution in [1.29, 1.82) is 0 Å². The molecule has 2 atom stereocenters. The van der Waals surface area contributed by atoms with Crippen molar-refractivity contribution in [3.05, 3.63) is 81.5 Å². The van der Waals surface area contributed by atoms with Gasteiger partial charge in [0.25, 0.3) is 0 Å². The molecule has 29 heavy (non-hydrogen) atoms. The molecule has 0 aliphatic heterocycles. The van der Waals surface area contributed by atoms with E-state index in [1.54, 1.807) is 0 Å². The first kappa shape index (κ1) is 18.7. The Morgan fingerprint density at radius 2 is 1.90 bits per heavy atom. The highest BCUT2D eigenvalue weighted by molar-refractivity contribution is 6.31. The van der Waals surface area contributed by atoms with Crippen LogP contribution in [0.15, 0.2) is 54.1 Å². The maximum absolute atomic E-state index is 6.29. The Balaban J connectivity index is 1.58. The average Bonchev–Trinajstić information content (AvgIpc) is 2.71. The van der Waals surface area contributed by atoms with Gasteiger partial charge in [0.15, 0.2) is 0 Å². The van der Waals surface area contributed by atoms with E-state index in [1.165, 1.54) is 34.5 Å². The van der Waals surface area contributed by atoms with Gasteiger partial charge in [-0.2, -0.15) is 0 Å². The smallest absolute Gasteiger partial charge is 0.0741 e. The number of halogens is 1. The molecule has 1 aromatic heterocycles. The maximum Gasteiger partial charge on any atom is 0.0741 e. The number of allylic oxidation sites excluding steroid dienone is 2. The van der Waals surface area contributed by atoms with E-state index >= 15 is 0 Å². The number of rotatable bonds is 4. The summed E-state index contributed by atoms with van der Waals surface area (Å²) in [6.07, 6.45) is 5.83. The molecular formula is C25H26ClN3. The van der Waals surface area contributed by atoms with Gasteiger partial charge in [0, 0.05) is 40.4 Å². The van der Waals surface area contributed by atoms with Crippen molar-refractivity contribution in [1.82, 2.24) is 4.98 Å². The van der Waals surface area contributed by atoms with Gasteiger partial charge in [-0.1, -0.05) is 47.5 Å². The molecule has 0 amide bonds. The van der Waals surface area contributed by atoms with Gasteiger partial charge in [-0.05, 0) is 67.3 Å². The van der Waals surface area contributed by atoms with E-state index in [2.05, 4.69) is 48.6 Å². The summed E-state index contributed by atoms with van der Waals surface area (Å²) >= 11 is 6.29. The minimum atomic E-state index is 0.545. The highest BCUT2D eigenvalue weighted by atomic mass is 35.5. The van der Waals surface area contributed by atoms with Gasteiger partial charge in [-0.15, -0.1) is 0 Å². The SMILES string of the molecule is CC1=C[C@@H]2Cc3nc4cc(Cl)ccc4c(NCc4ccc(CN)cc4)c3[C@H](C1)C2. The summed E-state index contributed by atoms with van der Waals surface area (Å²) in [5, 5.41) is 5.67. The summed E-state index contributed by atoms with van der Waals surface area (Å²) in [7, 11) is 0. The molecule has 2 bridgehead atoms. The lowest BCUT2D eigenvalue weighted by Gasteiger charge is -2.36. The number of hydrogen-bond donors (Lipinski definition) is 2. The minimum Gasteiger partial charge on any atom is -0.380 e. The Morgan fingerprint density at radius 1 is 1.10 bits per heavy atom. The zero-order chi connectivity index (χ0) is 20.0. The summed E-state index contributed by atoms with van der Waals surface area (Å²) in [5.41, 5.74) is 14.5. The summed E-state index contributed by atoms with van der Waals surface area (Å²) in [6.45, 7) is 3.63. The zero-order valence-corrected chi connectivity index (χ0v) is 17.5. The van der Waals surface area contributed by atoms with Crippen molar-refractivity contribution in [3.63, 3.8) is 0 Å². The lowest BCUT2D eigenvalue weighted by atomic mass is 9.71. The fourth-order valence-corrected chi connectivity index (χ4v) is 5.23. The largest absolute Gasteiger partial charge is 0.380 e. The van der Waals surface area contributed by atoms with Crippen LogP contribution in [0.25, 0.3) is 10.9 Å². The van der Waals surface area contributed by atoms with Gasteiger partial charge in [-0.3, -0.25) is 4.98 Å². The van der Waals surface area contributed by atoms with Gasteiger partial charge >= 0.3 is 0 Å². The predicted molar refractivity (Wildman–Crippen MR) is 121 cm³/mol. The standard InChI is InChI=1S/C25H26ClN3/c1-15-8-18-10-19(9-15)24-23(11-18)29-22-12-20(26)6-7-21(22)25(24)28-14-17-4-2-16(13-27)3-5-17/h2-8,12,18-19H,9-11,13-14,27H2,1H3,(H,28,29)/t18-,19+/m0/s1. The van der Waals surface area contributed by atoms with Crippen LogP contribution in [-0.2, 0) is 19.5 Å². The monoisotopic (exact) mass is 403 g/mol. The van der Waals surface area contributed by atoms with E-state index in [1.807, 2.05) is 12.1 Å². The van der Waals surface area contributed by atoms with Crippen molar-refractivity contribution in [2.75, 3.05) is 5.32 Å². The third kappa shape index (κ3) is 3.54. The number of pyridine rings is 1. The molecule has 2 aromatic carbocycles. The quantitative estimate of drug-likeness (QED) is 0.529. The molecule has 2 aliphatic rings. The molecule has 4 heteroatoms. The van der Waals surface area contributed by atoms with Crippen molar-refractivity contribution in [2.45, 2.75) is 45.2 Å². The first-order valence-electron chi connectivity index (χ1n) is 10.4. The number of anilines is 1. The molecule has 0 saturated carbocycles. The van der Waals surface area contributed by atoms with E-state index in [0.29, 0.717) is 18.4 Å². The first-order chi connectivity index (χ1) is 14.1. The van der Waals surface area contributed by atoms with Crippen LogP contribution < -0.4 is 11.1 Å². The van der Waals surface area contributed by atoms with Gasteiger partial charge < -0.3 is 11.1 Å². The van der Waals surface area contributed by atoms with Gasteiger partial charge in [-0.25, -0.2) is 0 Å². The summed E-state index contributed by atoms with van der Waals surface area (Å²) in [5.74, 6) is 1.16. The summed E-state index contributed by atoms with van der Waals surface area (Å²) < 4.78 is 0. The van der Waals surface area contributed by atoms with E-state index in [0.717, 1.165) is 40.9 Å². The van der Waals surface area contributed by atoms with E-state index in [4.69, 9.17) is 22.3 Å². The molecule has 3 nitrogen and oxygen atoms in total. The van der Waals surface area contributed by atoms with Crippen LogP contribution in [-0.4, -0.2) is 4.98 Å². The summed E-state index contributed by atoms with van der Waals surface area (Å²) in [4.78, 5) is 5.05. The summed E-state index contributed by atoms with van der Waals surface area (Å²) in [6, 6.07) is 14.6. The number of nitrogens with two attached hydrogens (primary N) is 1. The molecule has 0 saturated heterocycles. The van der Waals surface area contributed by atoms with E-state index < -0.39 is 0 Å². The number of nitrogens with one attached hydrogen (secondary N) is 1. The lowest BCUT2D eigenvalue weighted by molar-refractivity contribution is 0.433. The van der Waals surface area contributed by atoms with Gasteiger partial charge in [0.05, 0.1) is 5.52 Å². The van der Waals surface area contributed by atoms with Crippen LogP contribution in [0.4, 0.5) is 5.69 Å². The van der Waals surface area contributed by atoms with Crippen molar-refractivity contribution in [3.8, 4) is 0 Å². The number of fused-ring (bicyclic) bond motifs is 5. The van der Waals surface area contributed by atoms with E-state index in [9.17, 15) is 0 Å². The maximum atomic E-state index is 6.29. The molecule has 0 radical (unpaired) electrons. The van der Waals surface area contributed by atoms with Crippen LogP contribution in [0.1, 0.15) is 48.1 Å². The molecule has 3 N–H and O–H groups in total. The lowest BCUT2D eigenvalue weighted by Crippen LogP contribution is -2.24. The Hall–Kier alpha value is -2.36. The molecule has 2 aliphatic carbocycles. The van der Waals surface area contributed by atoms with Crippen LogP contribution in [0.3, 0.4) is 0 Å². The van der Waals surface area contributed by atoms with Crippen LogP contribution in [0, 0.1) is 5.92 Å². The Morgan fingerprint density at radius 3 is 2.69 bits per heavy atom. The highest BCUT2D eigenvalue weighted by Crippen LogP contribution is 2.47. The second-order valence-electron chi connectivity index (χ2n) is 8.50. The van der Waals surface area contributed by atoms with Gasteiger partial charge in [0.1, 0.15) is 0 Å². The molecule has 5 rings (SSSR count). The van der Waals surface area contributed by atoms with Gasteiger partial charge in [0.2, 0.25) is 0 Å². The molecular weight excluding hydrogens is 378 g/mol. The minimum absolute atomic E-state index is 0.545. The van der Waals surface area contributed by atoms with E-state index in [-0.39, 0.29) is 0 Å². The molecule has 0 unspecified atom stereocenters. The molecule has 148 valence electrons. The topological polar surface area (TPSA) is 50.9 Å².